The van der Waals surface area contributed by atoms with E-state index < -0.39 is 6.04 Å². The number of rotatable bonds is 7. The van der Waals surface area contributed by atoms with Crippen molar-refractivity contribution in [3.8, 4) is 0 Å². The van der Waals surface area contributed by atoms with E-state index in [0.717, 1.165) is 17.9 Å². The third-order valence-corrected chi connectivity index (χ3v) is 6.62. The van der Waals surface area contributed by atoms with Crippen LogP contribution in [0.15, 0.2) is 18.3 Å². The number of nitrogens with two attached hydrogens (primary N) is 1. The average molecular weight is 416 g/mol. The van der Waals surface area contributed by atoms with Gasteiger partial charge in [-0.1, -0.05) is 44.6 Å². The molecule has 0 spiro atoms. The average Bonchev–Trinajstić information content (AvgIpc) is 2.72. The minimum absolute atomic E-state index is 0.0203. The zero-order valence-electron chi connectivity index (χ0n) is 18.3. The number of fused-ring (bicyclic) bond motifs is 1. The normalized spacial score (nSPS) is 24.6. The van der Waals surface area contributed by atoms with Gasteiger partial charge >= 0.3 is 6.03 Å². The number of hydrogen-bond donors (Lipinski definition) is 4. The first-order valence-corrected chi connectivity index (χ1v) is 11.5. The maximum absolute atomic E-state index is 13.0. The Morgan fingerprint density at radius 3 is 2.60 bits per heavy atom. The van der Waals surface area contributed by atoms with Crippen molar-refractivity contribution in [2.24, 2.45) is 17.8 Å². The quantitative estimate of drug-likeness (QED) is 0.547. The van der Waals surface area contributed by atoms with Crippen molar-refractivity contribution < 1.29 is 9.59 Å². The van der Waals surface area contributed by atoms with E-state index in [1.165, 1.54) is 38.5 Å². The predicted octanol–water partition coefficient (Wildman–Crippen LogP) is 3.35. The van der Waals surface area contributed by atoms with Crippen LogP contribution < -0.4 is 21.7 Å². The second-order valence-electron chi connectivity index (χ2n) is 9.27. The molecule has 0 saturated heterocycles. The van der Waals surface area contributed by atoms with Crippen molar-refractivity contribution in [2.45, 2.75) is 83.8 Å². The second-order valence-corrected chi connectivity index (χ2v) is 9.27. The molecule has 30 heavy (non-hydrogen) atoms. The maximum atomic E-state index is 13.0. The van der Waals surface area contributed by atoms with Crippen molar-refractivity contribution in [1.82, 2.24) is 20.9 Å². The molecule has 3 amide bonds. The monoisotopic (exact) mass is 415 g/mol. The van der Waals surface area contributed by atoms with E-state index in [9.17, 15) is 9.59 Å². The number of nitrogen functional groups attached to an aromatic ring is 1. The van der Waals surface area contributed by atoms with Crippen molar-refractivity contribution >= 4 is 17.8 Å². The van der Waals surface area contributed by atoms with E-state index in [1.54, 1.807) is 12.3 Å². The number of anilines is 1. The van der Waals surface area contributed by atoms with Crippen LogP contribution in [-0.4, -0.2) is 29.0 Å². The maximum Gasteiger partial charge on any atom is 0.315 e. The number of hydrogen-bond acceptors (Lipinski definition) is 4. The Bertz CT molecular complexity index is 704. The molecule has 2 fully saturated rings. The van der Waals surface area contributed by atoms with Gasteiger partial charge in [-0.05, 0) is 56.1 Å². The molecule has 0 bridgehead atoms. The zero-order chi connectivity index (χ0) is 21.5. The molecule has 2 aliphatic rings. The summed E-state index contributed by atoms with van der Waals surface area (Å²) in [4.78, 5) is 29.5. The molecule has 3 rings (SSSR count). The highest BCUT2D eigenvalue weighted by molar-refractivity contribution is 5.87. The van der Waals surface area contributed by atoms with Crippen LogP contribution in [0.3, 0.4) is 0 Å². The van der Waals surface area contributed by atoms with Gasteiger partial charge in [0.25, 0.3) is 0 Å². The molecule has 0 aromatic carbocycles. The summed E-state index contributed by atoms with van der Waals surface area (Å²) in [6, 6.07) is 2.78. The molecule has 2 saturated carbocycles. The molecule has 4 atom stereocenters. The molecule has 1 aromatic rings. The number of nitrogens with one attached hydrogen (secondary N) is 3. The lowest BCUT2D eigenvalue weighted by Gasteiger charge is -2.42. The van der Waals surface area contributed by atoms with Crippen molar-refractivity contribution in [3.05, 3.63) is 23.9 Å². The van der Waals surface area contributed by atoms with E-state index in [2.05, 4.69) is 20.9 Å². The van der Waals surface area contributed by atoms with Crippen molar-refractivity contribution in [3.63, 3.8) is 0 Å². The largest absolute Gasteiger partial charge is 0.384 e. The summed E-state index contributed by atoms with van der Waals surface area (Å²) in [5, 5.41) is 8.76. The number of aromatic nitrogens is 1. The number of pyridine rings is 1. The number of carbonyl (C=O) groups excluding carboxylic acids is 2. The third-order valence-electron chi connectivity index (χ3n) is 6.62. The van der Waals surface area contributed by atoms with Gasteiger partial charge in [0.2, 0.25) is 5.91 Å². The SMILES string of the molecule is CC(C)NC(=O)N[C@@H](CC1CCCC2CCCCC21)C(=O)NCc1ccc(N)nc1. The molecule has 7 heteroatoms. The van der Waals surface area contributed by atoms with E-state index in [-0.39, 0.29) is 18.0 Å². The van der Waals surface area contributed by atoms with E-state index in [4.69, 9.17) is 5.73 Å². The predicted molar refractivity (Wildman–Crippen MR) is 118 cm³/mol. The topological polar surface area (TPSA) is 109 Å². The Balaban J connectivity index is 1.64. The molecule has 2 aliphatic carbocycles. The second kappa shape index (κ2) is 10.6. The van der Waals surface area contributed by atoms with E-state index in [1.807, 2.05) is 19.9 Å². The highest BCUT2D eigenvalue weighted by Crippen LogP contribution is 2.45. The molecule has 7 nitrogen and oxygen atoms in total. The van der Waals surface area contributed by atoms with Crippen LogP contribution in [0.5, 0.6) is 0 Å². The van der Waals surface area contributed by atoms with Crippen molar-refractivity contribution in [2.75, 3.05) is 5.73 Å². The first-order valence-electron chi connectivity index (χ1n) is 11.5. The van der Waals surface area contributed by atoms with Crippen LogP contribution in [0.1, 0.15) is 70.8 Å². The van der Waals surface area contributed by atoms with Crippen LogP contribution in [0.25, 0.3) is 0 Å². The fraction of sp³-hybridized carbons (Fsp3) is 0.696. The van der Waals surface area contributed by atoms with Gasteiger partial charge in [-0.2, -0.15) is 0 Å². The Labute approximate surface area is 180 Å². The summed E-state index contributed by atoms with van der Waals surface area (Å²) in [7, 11) is 0. The molecule has 5 N–H and O–H groups in total. The van der Waals surface area contributed by atoms with Crippen LogP contribution in [0.2, 0.25) is 0 Å². The molecule has 1 heterocycles. The van der Waals surface area contributed by atoms with Gasteiger partial charge in [-0.15, -0.1) is 0 Å². The van der Waals surface area contributed by atoms with Gasteiger partial charge in [0, 0.05) is 18.8 Å². The summed E-state index contributed by atoms with van der Waals surface area (Å²) < 4.78 is 0. The van der Waals surface area contributed by atoms with Crippen molar-refractivity contribution in [1.29, 1.82) is 0 Å². The molecule has 0 radical (unpaired) electrons. The van der Waals surface area contributed by atoms with E-state index >= 15 is 0 Å². The molecular weight excluding hydrogens is 378 g/mol. The van der Waals surface area contributed by atoms with Gasteiger partial charge in [-0.3, -0.25) is 4.79 Å². The molecule has 3 unspecified atom stereocenters. The summed E-state index contributed by atoms with van der Waals surface area (Å²) in [6.07, 6.45) is 11.3. The highest BCUT2D eigenvalue weighted by Gasteiger charge is 2.37. The lowest BCUT2D eigenvalue weighted by molar-refractivity contribution is -0.123. The zero-order valence-corrected chi connectivity index (χ0v) is 18.3. The third kappa shape index (κ3) is 6.34. The molecular formula is C23H37N5O2. The first kappa shape index (κ1) is 22.4. The van der Waals surface area contributed by atoms with E-state index in [0.29, 0.717) is 30.6 Å². The summed E-state index contributed by atoms with van der Waals surface area (Å²) in [5.41, 5.74) is 6.51. The fourth-order valence-electron chi connectivity index (χ4n) is 5.21. The summed E-state index contributed by atoms with van der Waals surface area (Å²) in [6.45, 7) is 4.19. The smallest absolute Gasteiger partial charge is 0.315 e. The lowest BCUT2D eigenvalue weighted by Crippen LogP contribution is -2.52. The minimum atomic E-state index is -0.531. The molecule has 166 valence electrons. The standard InChI is InChI=1S/C23H37N5O2/c1-15(2)27-23(30)28-20(22(29)26-14-16-10-11-21(24)25-13-16)12-18-8-5-7-17-6-3-4-9-19(17)18/h10-11,13,15,17-20H,3-9,12,14H2,1-2H3,(H2,24,25)(H,26,29)(H2,27,28,30)/t17?,18?,19?,20-/m0/s1. The number of carbonyl (C=O) groups is 2. The van der Waals surface area contributed by atoms with Gasteiger partial charge in [0.15, 0.2) is 0 Å². The Morgan fingerprint density at radius 2 is 1.87 bits per heavy atom. The Hall–Kier alpha value is -2.31. The number of nitrogens with zero attached hydrogens (tertiary/aromatic N) is 1. The lowest BCUT2D eigenvalue weighted by atomic mass is 9.64. The first-order chi connectivity index (χ1) is 14.4. The van der Waals surface area contributed by atoms with Gasteiger partial charge in [-0.25, -0.2) is 9.78 Å². The van der Waals surface area contributed by atoms with Crippen LogP contribution in [0, 0.1) is 17.8 Å². The Kier molecular flexibility index (Phi) is 7.94. The van der Waals surface area contributed by atoms with Gasteiger partial charge < -0.3 is 21.7 Å². The molecule has 0 aliphatic heterocycles. The fourth-order valence-corrected chi connectivity index (χ4v) is 5.21. The number of amides is 3. The summed E-state index contributed by atoms with van der Waals surface area (Å²) in [5.74, 6) is 2.31. The Morgan fingerprint density at radius 1 is 1.10 bits per heavy atom. The van der Waals surface area contributed by atoms with Crippen LogP contribution >= 0.6 is 0 Å². The molecule has 1 aromatic heterocycles. The highest BCUT2D eigenvalue weighted by atomic mass is 16.2. The van der Waals surface area contributed by atoms with Gasteiger partial charge in [0.05, 0.1) is 0 Å². The number of urea groups is 1. The minimum Gasteiger partial charge on any atom is -0.384 e. The van der Waals surface area contributed by atoms with Crippen LogP contribution in [-0.2, 0) is 11.3 Å². The van der Waals surface area contributed by atoms with Crippen LogP contribution in [0.4, 0.5) is 10.6 Å². The summed E-state index contributed by atoms with van der Waals surface area (Å²) >= 11 is 0. The van der Waals surface area contributed by atoms with Gasteiger partial charge in [0.1, 0.15) is 11.9 Å².